The number of piperazine rings is 1. The molecule has 0 saturated carbocycles. The molecule has 0 unspecified atom stereocenters. The molecule has 0 aromatic rings. The van der Waals surface area contributed by atoms with Gasteiger partial charge in [0.05, 0.1) is 11.5 Å². The fraction of sp³-hybridized carbons (Fsp3) is 0.917. The first-order valence-electron chi connectivity index (χ1n) is 6.52. The zero-order chi connectivity index (χ0) is 13.8. The maximum atomic E-state index is 12.0. The van der Waals surface area contributed by atoms with Gasteiger partial charge < -0.3 is 10.2 Å². The van der Waals surface area contributed by atoms with Crippen LogP contribution in [-0.2, 0) is 14.6 Å². The van der Waals surface area contributed by atoms with E-state index in [4.69, 9.17) is 0 Å². The molecule has 1 N–H and O–H groups in total. The second-order valence-corrected chi connectivity index (χ2v) is 7.63. The van der Waals surface area contributed by atoms with Crippen LogP contribution in [0.5, 0.6) is 0 Å². The molecule has 0 bridgehead atoms. The van der Waals surface area contributed by atoms with Crippen LogP contribution >= 0.6 is 0 Å². The van der Waals surface area contributed by atoms with Crippen molar-refractivity contribution in [3.63, 3.8) is 0 Å². The van der Waals surface area contributed by atoms with E-state index in [1.165, 1.54) is 0 Å². The summed E-state index contributed by atoms with van der Waals surface area (Å²) in [6, 6.07) is 0.152. The van der Waals surface area contributed by atoms with Gasteiger partial charge in [0.2, 0.25) is 5.91 Å². The van der Waals surface area contributed by atoms with Crippen LogP contribution in [0, 0.1) is 5.92 Å². The fourth-order valence-corrected chi connectivity index (χ4v) is 3.86. The van der Waals surface area contributed by atoms with Crippen LogP contribution < -0.4 is 5.32 Å². The van der Waals surface area contributed by atoms with E-state index in [9.17, 15) is 13.2 Å². The van der Waals surface area contributed by atoms with E-state index in [0.29, 0.717) is 6.54 Å². The molecule has 1 saturated heterocycles. The molecule has 0 spiro atoms. The van der Waals surface area contributed by atoms with Gasteiger partial charge >= 0.3 is 0 Å². The summed E-state index contributed by atoms with van der Waals surface area (Å²) < 4.78 is 23.5. The lowest BCUT2D eigenvalue weighted by molar-refractivity contribution is -0.133. The number of nitrogens with one attached hydrogen (secondary N) is 1. The Hall–Kier alpha value is -0.620. The van der Waals surface area contributed by atoms with Gasteiger partial charge in [-0.1, -0.05) is 13.8 Å². The maximum absolute atomic E-state index is 12.0. The highest BCUT2D eigenvalue weighted by atomic mass is 32.2. The van der Waals surface area contributed by atoms with Crippen LogP contribution in [0.3, 0.4) is 0 Å². The minimum absolute atomic E-state index is 0.0271. The molecule has 1 heterocycles. The predicted octanol–water partition coefficient (Wildman–Crippen LogP) is 0.268. The van der Waals surface area contributed by atoms with E-state index in [2.05, 4.69) is 5.32 Å². The van der Waals surface area contributed by atoms with Crippen molar-refractivity contribution in [1.29, 1.82) is 0 Å². The quantitative estimate of drug-likeness (QED) is 0.782. The van der Waals surface area contributed by atoms with Gasteiger partial charge in [0, 0.05) is 32.1 Å². The average Bonchev–Trinajstić information content (AvgIpc) is 2.25. The molecule has 1 atom stereocenters. The zero-order valence-electron chi connectivity index (χ0n) is 11.5. The van der Waals surface area contributed by atoms with Crippen LogP contribution in [0.25, 0.3) is 0 Å². The van der Waals surface area contributed by atoms with E-state index < -0.39 is 9.84 Å². The number of nitrogens with zero attached hydrogens (tertiary/aromatic N) is 1. The Morgan fingerprint density at radius 2 is 2.11 bits per heavy atom. The SMILES string of the molecule is CC(C)CS(=O)(=O)CCC(=O)N1CCNC[C@H]1C. The van der Waals surface area contributed by atoms with E-state index >= 15 is 0 Å². The summed E-state index contributed by atoms with van der Waals surface area (Å²) in [6.45, 7) is 7.96. The molecule has 1 rings (SSSR count). The number of rotatable bonds is 5. The lowest BCUT2D eigenvalue weighted by atomic mass is 10.2. The summed E-state index contributed by atoms with van der Waals surface area (Å²) in [4.78, 5) is 13.8. The van der Waals surface area contributed by atoms with E-state index in [0.717, 1.165) is 13.1 Å². The lowest BCUT2D eigenvalue weighted by Crippen LogP contribution is -2.52. The highest BCUT2D eigenvalue weighted by Gasteiger charge is 2.24. The fourth-order valence-electron chi connectivity index (χ4n) is 2.19. The van der Waals surface area contributed by atoms with Crippen LogP contribution in [0.2, 0.25) is 0 Å². The van der Waals surface area contributed by atoms with Crippen molar-refractivity contribution in [3.8, 4) is 0 Å². The van der Waals surface area contributed by atoms with Gasteiger partial charge in [-0.3, -0.25) is 4.79 Å². The molecule has 106 valence electrons. The van der Waals surface area contributed by atoms with Crippen molar-refractivity contribution < 1.29 is 13.2 Å². The van der Waals surface area contributed by atoms with Gasteiger partial charge in [0.15, 0.2) is 9.84 Å². The third-order valence-corrected chi connectivity index (χ3v) is 5.04. The Kier molecular flexibility index (Phi) is 5.59. The van der Waals surface area contributed by atoms with Crippen LogP contribution in [0.4, 0.5) is 0 Å². The minimum Gasteiger partial charge on any atom is -0.337 e. The molecule has 1 fully saturated rings. The molecule has 0 radical (unpaired) electrons. The van der Waals surface area contributed by atoms with E-state index in [-0.39, 0.29) is 35.8 Å². The summed E-state index contributed by atoms with van der Waals surface area (Å²) in [5.74, 6) is 0.206. The number of hydrogen-bond acceptors (Lipinski definition) is 4. The Balaban J connectivity index is 2.45. The van der Waals surface area contributed by atoms with Gasteiger partial charge in [-0.05, 0) is 12.8 Å². The lowest BCUT2D eigenvalue weighted by Gasteiger charge is -2.34. The Morgan fingerprint density at radius 3 is 2.67 bits per heavy atom. The molecule has 6 heteroatoms. The topological polar surface area (TPSA) is 66.5 Å². The molecule has 18 heavy (non-hydrogen) atoms. The summed E-state index contributed by atoms with van der Waals surface area (Å²) in [6.07, 6.45) is 0.111. The molecule has 0 aromatic heterocycles. The van der Waals surface area contributed by atoms with Crippen molar-refractivity contribution in [1.82, 2.24) is 10.2 Å². The second kappa shape index (κ2) is 6.52. The first-order chi connectivity index (χ1) is 8.32. The molecule has 0 aromatic carbocycles. The third kappa shape index (κ3) is 4.94. The van der Waals surface area contributed by atoms with Crippen molar-refractivity contribution in [2.75, 3.05) is 31.1 Å². The number of carbonyl (C=O) groups excluding carboxylic acids is 1. The smallest absolute Gasteiger partial charge is 0.223 e. The van der Waals surface area contributed by atoms with Crippen LogP contribution in [0.1, 0.15) is 27.2 Å². The molecule has 1 aliphatic rings. The number of amides is 1. The van der Waals surface area contributed by atoms with Gasteiger partial charge in [0.1, 0.15) is 0 Å². The van der Waals surface area contributed by atoms with Gasteiger partial charge in [-0.25, -0.2) is 8.42 Å². The Morgan fingerprint density at radius 1 is 1.44 bits per heavy atom. The van der Waals surface area contributed by atoms with E-state index in [1.54, 1.807) is 4.90 Å². The van der Waals surface area contributed by atoms with Crippen LogP contribution in [0.15, 0.2) is 0 Å². The first-order valence-corrected chi connectivity index (χ1v) is 8.34. The summed E-state index contributed by atoms with van der Waals surface area (Å²) in [7, 11) is -3.10. The number of sulfone groups is 1. The van der Waals surface area contributed by atoms with Crippen LogP contribution in [-0.4, -0.2) is 56.4 Å². The Labute approximate surface area is 110 Å². The standard InChI is InChI=1S/C12H24N2O3S/c1-10(2)9-18(16,17)7-4-12(15)14-6-5-13-8-11(14)3/h10-11,13H,4-9H2,1-3H3/t11-/m1/s1. The molecular formula is C12H24N2O3S. The maximum Gasteiger partial charge on any atom is 0.223 e. The first kappa shape index (κ1) is 15.4. The van der Waals surface area contributed by atoms with E-state index in [1.807, 2.05) is 20.8 Å². The van der Waals surface area contributed by atoms with Crippen molar-refractivity contribution in [2.24, 2.45) is 5.92 Å². The summed E-state index contributed by atoms with van der Waals surface area (Å²) in [5.41, 5.74) is 0. The zero-order valence-corrected chi connectivity index (χ0v) is 12.3. The molecule has 1 amide bonds. The highest BCUT2D eigenvalue weighted by Crippen LogP contribution is 2.08. The van der Waals surface area contributed by atoms with Gasteiger partial charge in [0.25, 0.3) is 0 Å². The van der Waals surface area contributed by atoms with Gasteiger partial charge in [-0.2, -0.15) is 0 Å². The third-order valence-electron chi connectivity index (χ3n) is 3.04. The minimum atomic E-state index is -3.10. The summed E-state index contributed by atoms with van der Waals surface area (Å²) in [5, 5.41) is 3.21. The molecule has 1 aliphatic heterocycles. The molecular weight excluding hydrogens is 252 g/mol. The largest absolute Gasteiger partial charge is 0.337 e. The normalized spacial score (nSPS) is 21.3. The van der Waals surface area contributed by atoms with Crippen molar-refractivity contribution >= 4 is 15.7 Å². The summed E-state index contributed by atoms with van der Waals surface area (Å²) >= 11 is 0. The molecule has 0 aliphatic carbocycles. The highest BCUT2D eigenvalue weighted by molar-refractivity contribution is 7.91. The second-order valence-electron chi connectivity index (χ2n) is 5.40. The van der Waals surface area contributed by atoms with Gasteiger partial charge in [-0.15, -0.1) is 0 Å². The molecule has 5 nitrogen and oxygen atoms in total. The predicted molar refractivity (Wildman–Crippen MR) is 72.2 cm³/mol. The monoisotopic (exact) mass is 276 g/mol. The number of carbonyl (C=O) groups is 1. The number of hydrogen-bond donors (Lipinski definition) is 1. The van der Waals surface area contributed by atoms with Crippen molar-refractivity contribution in [3.05, 3.63) is 0 Å². The average molecular weight is 276 g/mol. The Bertz CT molecular complexity index is 379. The van der Waals surface area contributed by atoms with Crippen molar-refractivity contribution in [2.45, 2.75) is 33.2 Å².